The Balaban J connectivity index is 2.27. The molecule has 0 aliphatic heterocycles. The number of carbonyl (C=O) groups excluding carboxylic acids is 1. The van der Waals surface area contributed by atoms with Gasteiger partial charge in [0.2, 0.25) is 0 Å². The number of hydrogen-bond donors (Lipinski definition) is 2. The summed E-state index contributed by atoms with van der Waals surface area (Å²) in [6.07, 6.45) is 0. The van der Waals surface area contributed by atoms with Crippen LogP contribution < -0.4 is 5.32 Å². The maximum absolute atomic E-state index is 12.2. The van der Waals surface area contributed by atoms with Crippen molar-refractivity contribution in [3.05, 3.63) is 69.2 Å². The molecule has 0 spiro atoms. The standard InChI is InChI=1S/C15H11BrClNO3/c16-12-7-6-10(17)8-11(12)14(19)18-13(15(20)21)9-4-2-1-3-5-9/h1-8,13H,(H,18,19)(H,20,21)/t13-/m0/s1. The molecule has 1 atom stereocenters. The third kappa shape index (κ3) is 3.83. The molecular formula is C15H11BrClNO3. The fraction of sp³-hybridized carbons (Fsp3) is 0.0667. The summed E-state index contributed by atoms with van der Waals surface area (Å²) in [4.78, 5) is 23.6. The van der Waals surface area contributed by atoms with Crippen LogP contribution >= 0.6 is 27.5 Å². The Morgan fingerprint density at radius 2 is 1.81 bits per heavy atom. The minimum atomic E-state index is -1.13. The van der Waals surface area contributed by atoms with E-state index >= 15 is 0 Å². The van der Waals surface area contributed by atoms with Crippen LogP contribution in [-0.2, 0) is 4.79 Å². The molecule has 0 bridgehead atoms. The van der Waals surface area contributed by atoms with Crippen molar-refractivity contribution in [2.24, 2.45) is 0 Å². The molecule has 2 rings (SSSR count). The van der Waals surface area contributed by atoms with Gasteiger partial charge in [-0.25, -0.2) is 4.79 Å². The first kappa shape index (κ1) is 15.5. The van der Waals surface area contributed by atoms with Gasteiger partial charge in [-0.3, -0.25) is 4.79 Å². The van der Waals surface area contributed by atoms with E-state index in [0.29, 0.717) is 15.1 Å². The summed E-state index contributed by atoms with van der Waals surface area (Å²) in [5.74, 6) is -1.65. The molecule has 0 saturated heterocycles. The number of rotatable bonds is 4. The highest BCUT2D eigenvalue weighted by atomic mass is 79.9. The second kappa shape index (κ2) is 6.74. The molecule has 6 heteroatoms. The van der Waals surface area contributed by atoms with Crippen LogP contribution in [0.15, 0.2) is 53.0 Å². The summed E-state index contributed by atoms with van der Waals surface area (Å²) in [6.45, 7) is 0. The smallest absolute Gasteiger partial charge is 0.330 e. The molecule has 2 aromatic rings. The second-order valence-corrected chi connectivity index (χ2v) is 5.57. The fourth-order valence-electron chi connectivity index (χ4n) is 1.81. The monoisotopic (exact) mass is 367 g/mol. The van der Waals surface area contributed by atoms with Gasteiger partial charge in [0.15, 0.2) is 6.04 Å². The number of amides is 1. The molecule has 21 heavy (non-hydrogen) atoms. The normalized spacial score (nSPS) is 11.7. The van der Waals surface area contributed by atoms with Gasteiger partial charge in [-0.1, -0.05) is 41.9 Å². The third-order valence-electron chi connectivity index (χ3n) is 2.83. The van der Waals surface area contributed by atoms with Crippen LogP contribution in [0.2, 0.25) is 5.02 Å². The summed E-state index contributed by atoms with van der Waals surface area (Å²) >= 11 is 9.11. The summed E-state index contributed by atoms with van der Waals surface area (Å²) in [5, 5.41) is 12.2. The first-order valence-electron chi connectivity index (χ1n) is 6.02. The highest BCUT2D eigenvalue weighted by Crippen LogP contribution is 2.22. The lowest BCUT2D eigenvalue weighted by Gasteiger charge is -2.15. The molecule has 0 unspecified atom stereocenters. The molecule has 0 aliphatic rings. The molecule has 4 nitrogen and oxygen atoms in total. The van der Waals surface area contributed by atoms with Crippen LogP contribution in [0.5, 0.6) is 0 Å². The van der Waals surface area contributed by atoms with Gasteiger partial charge in [-0.2, -0.15) is 0 Å². The van der Waals surface area contributed by atoms with Gasteiger partial charge < -0.3 is 10.4 Å². The Morgan fingerprint density at radius 1 is 1.14 bits per heavy atom. The van der Waals surface area contributed by atoms with Crippen molar-refractivity contribution < 1.29 is 14.7 Å². The zero-order valence-corrected chi connectivity index (χ0v) is 13.1. The zero-order valence-electron chi connectivity index (χ0n) is 10.7. The number of carbonyl (C=O) groups is 2. The number of carboxylic acids is 1. The molecule has 0 fully saturated rings. The van der Waals surface area contributed by atoms with Crippen molar-refractivity contribution >= 4 is 39.4 Å². The molecular weight excluding hydrogens is 358 g/mol. The van der Waals surface area contributed by atoms with E-state index in [0.717, 1.165) is 0 Å². The number of hydrogen-bond acceptors (Lipinski definition) is 2. The van der Waals surface area contributed by atoms with E-state index in [1.165, 1.54) is 6.07 Å². The SMILES string of the molecule is O=C(N[C@H](C(=O)O)c1ccccc1)c1cc(Cl)ccc1Br. The molecule has 0 aromatic heterocycles. The largest absolute Gasteiger partial charge is 0.479 e. The second-order valence-electron chi connectivity index (χ2n) is 4.28. The Hall–Kier alpha value is -1.85. The van der Waals surface area contributed by atoms with Gasteiger partial charge in [0.05, 0.1) is 5.56 Å². The molecule has 1 amide bonds. The maximum atomic E-state index is 12.2. The lowest BCUT2D eigenvalue weighted by Crippen LogP contribution is -2.33. The minimum Gasteiger partial charge on any atom is -0.479 e. The molecule has 0 radical (unpaired) electrons. The quantitative estimate of drug-likeness (QED) is 0.865. The van der Waals surface area contributed by atoms with E-state index in [-0.39, 0.29) is 5.56 Å². The summed E-state index contributed by atoms with van der Waals surface area (Å²) in [7, 11) is 0. The van der Waals surface area contributed by atoms with E-state index in [1.807, 2.05) is 0 Å². The molecule has 0 saturated carbocycles. The van der Waals surface area contributed by atoms with E-state index in [9.17, 15) is 14.7 Å². The average molecular weight is 369 g/mol. The highest BCUT2D eigenvalue weighted by Gasteiger charge is 2.23. The van der Waals surface area contributed by atoms with Gasteiger partial charge in [0.25, 0.3) is 5.91 Å². The molecule has 0 heterocycles. The lowest BCUT2D eigenvalue weighted by molar-refractivity contribution is -0.139. The van der Waals surface area contributed by atoms with Crippen LogP contribution in [0.3, 0.4) is 0 Å². The molecule has 0 aliphatic carbocycles. The number of aliphatic carboxylic acids is 1. The topological polar surface area (TPSA) is 66.4 Å². The van der Waals surface area contributed by atoms with Gasteiger partial charge in [-0.05, 0) is 39.7 Å². The van der Waals surface area contributed by atoms with E-state index in [2.05, 4.69) is 21.2 Å². The van der Waals surface area contributed by atoms with E-state index in [4.69, 9.17) is 11.6 Å². The zero-order chi connectivity index (χ0) is 15.4. The maximum Gasteiger partial charge on any atom is 0.330 e. The van der Waals surface area contributed by atoms with E-state index in [1.54, 1.807) is 42.5 Å². The van der Waals surface area contributed by atoms with Gasteiger partial charge >= 0.3 is 5.97 Å². The van der Waals surface area contributed by atoms with Gasteiger partial charge in [0.1, 0.15) is 0 Å². The number of benzene rings is 2. The Bertz CT molecular complexity index is 676. The predicted molar refractivity (Wildman–Crippen MR) is 83.4 cm³/mol. The Morgan fingerprint density at radius 3 is 2.43 bits per heavy atom. The predicted octanol–water partition coefficient (Wildman–Crippen LogP) is 3.66. The van der Waals surface area contributed by atoms with Crippen molar-refractivity contribution in [1.82, 2.24) is 5.32 Å². The van der Waals surface area contributed by atoms with E-state index < -0.39 is 17.9 Å². The summed E-state index contributed by atoms with van der Waals surface area (Å²) in [5.41, 5.74) is 0.779. The lowest BCUT2D eigenvalue weighted by atomic mass is 10.1. The fourth-order valence-corrected chi connectivity index (χ4v) is 2.41. The van der Waals surface area contributed by atoms with Crippen LogP contribution in [-0.4, -0.2) is 17.0 Å². The summed E-state index contributed by atoms with van der Waals surface area (Å²) < 4.78 is 0.543. The first-order valence-corrected chi connectivity index (χ1v) is 7.20. The Labute approximate surface area is 134 Å². The summed E-state index contributed by atoms with van der Waals surface area (Å²) in [6, 6.07) is 12.1. The number of nitrogens with one attached hydrogen (secondary N) is 1. The van der Waals surface area contributed by atoms with Crippen LogP contribution in [0.25, 0.3) is 0 Å². The minimum absolute atomic E-state index is 0.282. The highest BCUT2D eigenvalue weighted by molar-refractivity contribution is 9.10. The van der Waals surface area contributed by atoms with Crippen molar-refractivity contribution in [1.29, 1.82) is 0 Å². The van der Waals surface area contributed by atoms with Gasteiger partial charge in [-0.15, -0.1) is 0 Å². The first-order chi connectivity index (χ1) is 9.99. The van der Waals surface area contributed by atoms with Crippen LogP contribution in [0, 0.1) is 0 Å². The van der Waals surface area contributed by atoms with Gasteiger partial charge in [0, 0.05) is 9.50 Å². The van der Waals surface area contributed by atoms with Crippen molar-refractivity contribution in [2.45, 2.75) is 6.04 Å². The average Bonchev–Trinajstić information content (AvgIpc) is 2.47. The molecule has 108 valence electrons. The van der Waals surface area contributed by atoms with Crippen molar-refractivity contribution in [2.75, 3.05) is 0 Å². The molecule has 2 aromatic carbocycles. The third-order valence-corrected chi connectivity index (χ3v) is 3.75. The van der Waals surface area contributed by atoms with Crippen LogP contribution in [0.4, 0.5) is 0 Å². The number of carboxylic acid groups (broad SMARTS) is 1. The van der Waals surface area contributed by atoms with Crippen LogP contribution in [0.1, 0.15) is 22.0 Å². The number of halogens is 2. The molecule has 2 N–H and O–H groups in total. The van der Waals surface area contributed by atoms with Crippen molar-refractivity contribution in [3.63, 3.8) is 0 Å². The Kier molecular flexibility index (Phi) is 4.98. The van der Waals surface area contributed by atoms with Crippen molar-refractivity contribution in [3.8, 4) is 0 Å².